The van der Waals surface area contributed by atoms with Gasteiger partial charge in [0.05, 0.1) is 24.8 Å². The van der Waals surface area contributed by atoms with Crippen LogP contribution in [0.2, 0.25) is 0 Å². The molecule has 2 rings (SSSR count). The lowest BCUT2D eigenvalue weighted by Gasteiger charge is -2.23. The monoisotopic (exact) mass is 189 g/mol. The Morgan fingerprint density at radius 3 is 2.64 bits per heavy atom. The number of benzene rings is 1. The molecule has 0 N–H and O–H groups in total. The molecule has 0 aliphatic carbocycles. The smallest absolute Gasteiger partial charge is 0.185 e. The van der Waals surface area contributed by atoms with Gasteiger partial charge in [0.2, 0.25) is 0 Å². The average Bonchev–Trinajstić information content (AvgIpc) is 2.30. The minimum absolute atomic E-state index is 0.361. The molecule has 1 aromatic rings. The van der Waals surface area contributed by atoms with Crippen LogP contribution in [0.1, 0.15) is 23.8 Å². The first-order valence-electron chi connectivity index (χ1n) is 4.64. The topological polar surface area (TPSA) is 42.2 Å². The maximum atomic E-state index is 8.89. The van der Waals surface area contributed by atoms with Crippen molar-refractivity contribution in [3.8, 4) is 6.07 Å². The fraction of sp³-hybridized carbons (Fsp3) is 0.364. The van der Waals surface area contributed by atoms with Gasteiger partial charge in [0.25, 0.3) is 0 Å². The lowest BCUT2D eigenvalue weighted by atomic mass is 10.1. The van der Waals surface area contributed by atoms with E-state index in [1.807, 2.05) is 18.2 Å². The number of nitriles is 1. The van der Waals surface area contributed by atoms with Gasteiger partial charge in [-0.25, -0.2) is 0 Å². The van der Waals surface area contributed by atoms with Gasteiger partial charge >= 0.3 is 0 Å². The van der Waals surface area contributed by atoms with Gasteiger partial charge in [-0.1, -0.05) is 18.2 Å². The average molecular weight is 189 g/mol. The fourth-order valence-corrected chi connectivity index (χ4v) is 1.47. The standard InChI is InChI=1S/C11H11NO2/c12-8-9-4-1-2-5-10(9)11-13-6-3-7-14-11/h1-2,4-5,11H,3,6-7H2. The van der Waals surface area contributed by atoms with Crippen LogP contribution in [0, 0.1) is 11.3 Å². The van der Waals surface area contributed by atoms with Gasteiger partial charge in [0, 0.05) is 5.56 Å². The Morgan fingerprint density at radius 2 is 1.93 bits per heavy atom. The highest BCUT2D eigenvalue weighted by Gasteiger charge is 2.18. The van der Waals surface area contributed by atoms with E-state index in [9.17, 15) is 0 Å². The Bertz CT molecular complexity index is 351. The van der Waals surface area contributed by atoms with E-state index in [0.29, 0.717) is 18.8 Å². The molecule has 0 saturated carbocycles. The van der Waals surface area contributed by atoms with E-state index >= 15 is 0 Å². The molecule has 0 radical (unpaired) electrons. The second-order valence-corrected chi connectivity index (χ2v) is 3.13. The molecule has 1 heterocycles. The van der Waals surface area contributed by atoms with Crippen molar-refractivity contribution in [2.75, 3.05) is 13.2 Å². The lowest BCUT2D eigenvalue weighted by molar-refractivity contribution is -0.183. The Hall–Kier alpha value is -1.37. The van der Waals surface area contributed by atoms with Gasteiger partial charge in [-0.15, -0.1) is 0 Å². The molecule has 1 aliphatic heterocycles. The van der Waals surface area contributed by atoms with Crippen molar-refractivity contribution in [3.63, 3.8) is 0 Å². The molecule has 1 fully saturated rings. The first-order chi connectivity index (χ1) is 6.92. The highest BCUT2D eigenvalue weighted by atomic mass is 16.7. The Morgan fingerprint density at radius 1 is 1.21 bits per heavy atom. The van der Waals surface area contributed by atoms with Crippen molar-refractivity contribution in [1.29, 1.82) is 5.26 Å². The summed E-state index contributed by atoms with van der Waals surface area (Å²) in [6.07, 6.45) is 0.560. The van der Waals surface area contributed by atoms with Crippen molar-refractivity contribution < 1.29 is 9.47 Å². The third-order valence-corrected chi connectivity index (χ3v) is 2.16. The molecule has 0 unspecified atom stereocenters. The highest BCUT2D eigenvalue weighted by Crippen LogP contribution is 2.25. The minimum Gasteiger partial charge on any atom is -0.348 e. The summed E-state index contributed by atoms with van der Waals surface area (Å²) in [7, 11) is 0. The van der Waals surface area contributed by atoms with Crippen LogP contribution in [-0.4, -0.2) is 13.2 Å². The normalized spacial score (nSPS) is 17.6. The molecular weight excluding hydrogens is 178 g/mol. The van der Waals surface area contributed by atoms with Crippen molar-refractivity contribution in [2.45, 2.75) is 12.7 Å². The van der Waals surface area contributed by atoms with E-state index in [1.54, 1.807) is 6.07 Å². The van der Waals surface area contributed by atoms with Crippen LogP contribution in [0.15, 0.2) is 24.3 Å². The van der Waals surface area contributed by atoms with Crippen LogP contribution in [-0.2, 0) is 9.47 Å². The van der Waals surface area contributed by atoms with Gasteiger partial charge < -0.3 is 9.47 Å². The first kappa shape index (κ1) is 9.20. The highest BCUT2D eigenvalue weighted by molar-refractivity contribution is 5.38. The number of hydrogen-bond donors (Lipinski definition) is 0. The number of rotatable bonds is 1. The van der Waals surface area contributed by atoms with E-state index in [0.717, 1.165) is 12.0 Å². The molecule has 1 aromatic carbocycles. The molecule has 1 aliphatic rings. The summed E-state index contributed by atoms with van der Waals surface area (Å²) in [5.41, 5.74) is 1.45. The van der Waals surface area contributed by atoms with Crippen LogP contribution >= 0.6 is 0 Å². The van der Waals surface area contributed by atoms with Crippen LogP contribution in [0.4, 0.5) is 0 Å². The van der Waals surface area contributed by atoms with Crippen LogP contribution in [0.5, 0.6) is 0 Å². The zero-order valence-corrected chi connectivity index (χ0v) is 7.77. The fourth-order valence-electron chi connectivity index (χ4n) is 1.47. The zero-order chi connectivity index (χ0) is 9.80. The molecule has 0 spiro atoms. The quantitative estimate of drug-likeness (QED) is 0.678. The predicted octanol–water partition coefficient (Wildman–Crippen LogP) is 1.99. The summed E-state index contributed by atoms with van der Waals surface area (Å²) < 4.78 is 10.9. The Labute approximate surface area is 82.9 Å². The molecule has 0 bridgehead atoms. The summed E-state index contributed by atoms with van der Waals surface area (Å²) >= 11 is 0. The van der Waals surface area contributed by atoms with Gasteiger partial charge in [-0.2, -0.15) is 5.26 Å². The van der Waals surface area contributed by atoms with Crippen molar-refractivity contribution >= 4 is 0 Å². The van der Waals surface area contributed by atoms with Gasteiger partial charge in [0.1, 0.15) is 0 Å². The Kier molecular flexibility index (Phi) is 2.78. The second kappa shape index (κ2) is 4.23. The molecule has 3 nitrogen and oxygen atoms in total. The van der Waals surface area contributed by atoms with Crippen LogP contribution in [0.3, 0.4) is 0 Å². The van der Waals surface area contributed by atoms with Crippen molar-refractivity contribution in [1.82, 2.24) is 0 Å². The molecule has 1 saturated heterocycles. The summed E-state index contributed by atoms with van der Waals surface area (Å²) in [6, 6.07) is 9.50. The molecule has 14 heavy (non-hydrogen) atoms. The second-order valence-electron chi connectivity index (χ2n) is 3.13. The van der Waals surface area contributed by atoms with E-state index in [2.05, 4.69) is 6.07 Å². The third-order valence-electron chi connectivity index (χ3n) is 2.16. The van der Waals surface area contributed by atoms with Gasteiger partial charge in [-0.3, -0.25) is 0 Å². The number of hydrogen-bond acceptors (Lipinski definition) is 3. The Balaban J connectivity index is 2.26. The maximum Gasteiger partial charge on any atom is 0.185 e. The molecular formula is C11H11NO2. The molecule has 72 valence electrons. The van der Waals surface area contributed by atoms with Crippen LogP contribution < -0.4 is 0 Å². The number of ether oxygens (including phenoxy) is 2. The van der Waals surface area contributed by atoms with E-state index in [1.165, 1.54) is 0 Å². The van der Waals surface area contributed by atoms with E-state index < -0.39 is 0 Å². The molecule has 0 atom stereocenters. The zero-order valence-electron chi connectivity index (χ0n) is 7.77. The minimum atomic E-state index is -0.361. The summed E-state index contributed by atoms with van der Waals surface area (Å²) in [4.78, 5) is 0. The summed E-state index contributed by atoms with van der Waals surface area (Å²) in [5, 5.41) is 8.89. The van der Waals surface area contributed by atoms with E-state index in [-0.39, 0.29) is 6.29 Å². The summed E-state index contributed by atoms with van der Waals surface area (Å²) in [5.74, 6) is 0. The van der Waals surface area contributed by atoms with Crippen LogP contribution in [0.25, 0.3) is 0 Å². The van der Waals surface area contributed by atoms with Crippen molar-refractivity contribution in [3.05, 3.63) is 35.4 Å². The number of nitrogens with zero attached hydrogens (tertiary/aromatic N) is 1. The first-order valence-corrected chi connectivity index (χ1v) is 4.64. The SMILES string of the molecule is N#Cc1ccccc1C1OCCCO1. The maximum absolute atomic E-state index is 8.89. The summed E-state index contributed by atoms with van der Waals surface area (Å²) in [6.45, 7) is 1.40. The molecule has 0 aromatic heterocycles. The van der Waals surface area contributed by atoms with Gasteiger partial charge in [0.15, 0.2) is 6.29 Å². The van der Waals surface area contributed by atoms with E-state index in [4.69, 9.17) is 14.7 Å². The largest absolute Gasteiger partial charge is 0.348 e. The lowest BCUT2D eigenvalue weighted by Crippen LogP contribution is -2.18. The third kappa shape index (κ3) is 1.77. The van der Waals surface area contributed by atoms with Gasteiger partial charge in [-0.05, 0) is 12.5 Å². The molecule has 0 amide bonds. The predicted molar refractivity (Wildman–Crippen MR) is 50.4 cm³/mol. The molecule has 3 heteroatoms. The van der Waals surface area contributed by atoms with Crippen molar-refractivity contribution in [2.24, 2.45) is 0 Å².